The van der Waals surface area contributed by atoms with Crippen LogP contribution in [0.4, 0.5) is 0 Å². The molecule has 0 radical (unpaired) electrons. The average molecular weight is 296 g/mol. The van der Waals surface area contributed by atoms with Gasteiger partial charge < -0.3 is 4.74 Å². The molecule has 2 aromatic rings. The predicted octanol–water partition coefficient (Wildman–Crippen LogP) is 3.61. The number of nitrogens with zero attached hydrogens (tertiary/aromatic N) is 2. The number of pyridine rings is 1. The molecule has 3 nitrogen and oxygen atoms in total. The highest BCUT2D eigenvalue weighted by molar-refractivity contribution is 8.14. The van der Waals surface area contributed by atoms with Gasteiger partial charge in [0.05, 0.1) is 5.04 Å². The quantitative estimate of drug-likeness (QED) is 0.849. The molecule has 4 rings (SSSR count). The standard InChI is InChI=1S/C17H16N2OS/c1-12-19-16(2)15(21-12)20-17(16,13-7-4-3-5-8-13)14-9-6-10-18-11-14/h3-11,15H,1-2H3/t15-,16+,17?/m0/s1. The van der Waals surface area contributed by atoms with Gasteiger partial charge in [0.15, 0.2) is 0 Å². The number of benzene rings is 1. The van der Waals surface area contributed by atoms with E-state index < -0.39 is 5.60 Å². The van der Waals surface area contributed by atoms with Crippen LogP contribution >= 0.6 is 11.8 Å². The van der Waals surface area contributed by atoms with Crippen molar-refractivity contribution in [3.8, 4) is 0 Å². The molecule has 1 fully saturated rings. The van der Waals surface area contributed by atoms with Crippen molar-refractivity contribution in [3.63, 3.8) is 0 Å². The van der Waals surface area contributed by atoms with E-state index in [2.05, 4.69) is 37.0 Å². The molecule has 0 bridgehead atoms. The lowest BCUT2D eigenvalue weighted by molar-refractivity contribution is -0.209. The molecule has 0 aliphatic carbocycles. The average Bonchev–Trinajstić information content (AvgIpc) is 2.74. The van der Waals surface area contributed by atoms with Crippen LogP contribution in [-0.2, 0) is 10.3 Å². The van der Waals surface area contributed by atoms with Crippen LogP contribution in [0.3, 0.4) is 0 Å². The van der Waals surface area contributed by atoms with E-state index in [1.165, 1.54) is 0 Å². The monoisotopic (exact) mass is 296 g/mol. The van der Waals surface area contributed by atoms with Crippen LogP contribution in [0.25, 0.3) is 0 Å². The van der Waals surface area contributed by atoms with Gasteiger partial charge in [0.2, 0.25) is 0 Å². The molecule has 3 atom stereocenters. The summed E-state index contributed by atoms with van der Waals surface area (Å²) >= 11 is 1.71. The van der Waals surface area contributed by atoms with Crippen molar-refractivity contribution < 1.29 is 4.74 Å². The summed E-state index contributed by atoms with van der Waals surface area (Å²) in [6.07, 6.45) is 3.68. The summed E-state index contributed by atoms with van der Waals surface area (Å²) < 4.78 is 6.40. The number of ether oxygens (including phenoxy) is 1. The lowest BCUT2D eigenvalue weighted by atomic mass is 9.68. The van der Waals surface area contributed by atoms with E-state index in [4.69, 9.17) is 9.73 Å². The van der Waals surface area contributed by atoms with Gasteiger partial charge in [0, 0.05) is 18.0 Å². The fourth-order valence-electron chi connectivity index (χ4n) is 3.41. The van der Waals surface area contributed by atoms with Crippen molar-refractivity contribution >= 4 is 16.8 Å². The molecular weight excluding hydrogens is 280 g/mol. The number of fused-ring (bicyclic) bond motifs is 1. The van der Waals surface area contributed by atoms with E-state index in [1.54, 1.807) is 18.0 Å². The van der Waals surface area contributed by atoms with Gasteiger partial charge in [-0.25, -0.2) is 0 Å². The SMILES string of the molecule is CC1=N[C@]2(C)[C@@H](OC2(c2ccccc2)c2cccnc2)S1. The molecule has 21 heavy (non-hydrogen) atoms. The predicted molar refractivity (Wildman–Crippen MR) is 85.4 cm³/mol. The zero-order valence-electron chi connectivity index (χ0n) is 12.0. The minimum Gasteiger partial charge on any atom is -0.346 e. The van der Waals surface area contributed by atoms with Crippen LogP contribution in [0.1, 0.15) is 25.0 Å². The Hall–Kier alpha value is -1.65. The molecule has 0 amide bonds. The number of hydrogen-bond donors (Lipinski definition) is 0. The van der Waals surface area contributed by atoms with E-state index in [0.717, 1.165) is 16.2 Å². The number of thioether (sulfide) groups is 1. The van der Waals surface area contributed by atoms with Crippen molar-refractivity contribution in [1.29, 1.82) is 0 Å². The Kier molecular flexibility index (Phi) is 2.75. The van der Waals surface area contributed by atoms with Gasteiger partial charge >= 0.3 is 0 Å². The summed E-state index contributed by atoms with van der Waals surface area (Å²) in [5, 5.41) is 1.09. The highest BCUT2D eigenvalue weighted by Gasteiger charge is 2.69. The summed E-state index contributed by atoms with van der Waals surface area (Å²) in [5.74, 6) is 0. The number of aromatic nitrogens is 1. The Balaban J connectivity index is 1.94. The van der Waals surface area contributed by atoms with Gasteiger partial charge in [0.25, 0.3) is 0 Å². The van der Waals surface area contributed by atoms with E-state index >= 15 is 0 Å². The second kappa shape index (κ2) is 4.42. The van der Waals surface area contributed by atoms with E-state index in [0.29, 0.717) is 0 Å². The maximum atomic E-state index is 6.40. The minimum absolute atomic E-state index is 0.0814. The molecule has 3 heterocycles. The first kappa shape index (κ1) is 13.0. The van der Waals surface area contributed by atoms with Gasteiger partial charge in [-0.3, -0.25) is 9.98 Å². The molecule has 4 heteroatoms. The summed E-state index contributed by atoms with van der Waals surface area (Å²) in [6, 6.07) is 14.4. The van der Waals surface area contributed by atoms with E-state index in [1.807, 2.05) is 30.5 Å². The van der Waals surface area contributed by atoms with Crippen molar-refractivity contribution in [1.82, 2.24) is 4.98 Å². The number of aliphatic imine (C=N–C) groups is 1. The molecule has 2 aliphatic heterocycles. The van der Waals surface area contributed by atoms with Crippen LogP contribution in [0.5, 0.6) is 0 Å². The third-order valence-electron chi connectivity index (χ3n) is 4.37. The third kappa shape index (κ3) is 1.60. The van der Waals surface area contributed by atoms with Crippen LogP contribution in [0.2, 0.25) is 0 Å². The van der Waals surface area contributed by atoms with Crippen LogP contribution in [0.15, 0.2) is 59.9 Å². The molecule has 1 saturated heterocycles. The van der Waals surface area contributed by atoms with Crippen LogP contribution in [-0.4, -0.2) is 21.0 Å². The van der Waals surface area contributed by atoms with Gasteiger partial charge in [-0.15, -0.1) is 0 Å². The largest absolute Gasteiger partial charge is 0.346 e. The molecule has 0 N–H and O–H groups in total. The second-order valence-corrected chi connectivity index (χ2v) is 6.89. The maximum Gasteiger partial charge on any atom is 0.149 e. The van der Waals surface area contributed by atoms with Gasteiger partial charge in [-0.1, -0.05) is 48.2 Å². The highest BCUT2D eigenvalue weighted by Crippen LogP contribution is 2.62. The molecule has 0 spiro atoms. The molecule has 1 aromatic heterocycles. The molecule has 0 saturated carbocycles. The second-order valence-electron chi connectivity index (χ2n) is 5.63. The highest BCUT2D eigenvalue weighted by atomic mass is 32.2. The molecular formula is C17H16N2OS. The van der Waals surface area contributed by atoms with Crippen molar-refractivity contribution in [2.45, 2.75) is 30.4 Å². The van der Waals surface area contributed by atoms with Crippen LogP contribution in [0, 0.1) is 0 Å². The van der Waals surface area contributed by atoms with Crippen molar-refractivity contribution in [2.24, 2.45) is 4.99 Å². The van der Waals surface area contributed by atoms with Gasteiger partial charge in [-0.2, -0.15) is 0 Å². The molecule has 2 aliphatic rings. The molecule has 1 aromatic carbocycles. The molecule has 1 unspecified atom stereocenters. The maximum absolute atomic E-state index is 6.40. The third-order valence-corrected chi connectivity index (χ3v) is 5.57. The normalized spacial score (nSPS) is 34.0. The zero-order chi connectivity index (χ0) is 14.5. The Labute approximate surface area is 128 Å². The van der Waals surface area contributed by atoms with Crippen molar-refractivity contribution in [2.75, 3.05) is 0 Å². The minimum atomic E-state index is -0.544. The summed E-state index contributed by atoms with van der Waals surface area (Å²) in [5.41, 5.74) is 1.45. The Morgan fingerprint density at radius 1 is 1.10 bits per heavy atom. The Bertz CT molecular complexity index is 662. The number of rotatable bonds is 2. The topological polar surface area (TPSA) is 34.5 Å². The lowest BCUT2D eigenvalue weighted by Crippen LogP contribution is -2.67. The first-order valence-electron chi connectivity index (χ1n) is 7.04. The fourth-order valence-corrected chi connectivity index (χ4v) is 4.60. The van der Waals surface area contributed by atoms with Crippen LogP contribution < -0.4 is 0 Å². The van der Waals surface area contributed by atoms with E-state index in [-0.39, 0.29) is 11.0 Å². The molecule has 106 valence electrons. The number of hydrogen-bond acceptors (Lipinski definition) is 4. The smallest absolute Gasteiger partial charge is 0.149 e. The van der Waals surface area contributed by atoms with Gasteiger partial charge in [-0.05, 0) is 25.5 Å². The summed E-state index contributed by atoms with van der Waals surface area (Å²) in [6.45, 7) is 4.24. The first-order chi connectivity index (χ1) is 10.2. The van der Waals surface area contributed by atoms with Gasteiger partial charge in [0.1, 0.15) is 16.6 Å². The summed E-state index contributed by atoms with van der Waals surface area (Å²) in [4.78, 5) is 9.21. The van der Waals surface area contributed by atoms with E-state index in [9.17, 15) is 0 Å². The van der Waals surface area contributed by atoms with Crippen molar-refractivity contribution in [3.05, 3.63) is 66.0 Å². The Morgan fingerprint density at radius 2 is 1.86 bits per heavy atom. The fraction of sp³-hybridized carbons (Fsp3) is 0.294. The summed E-state index contributed by atoms with van der Waals surface area (Å²) in [7, 11) is 0. The zero-order valence-corrected chi connectivity index (χ0v) is 12.8. The lowest BCUT2D eigenvalue weighted by Gasteiger charge is -2.57. The Morgan fingerprint density at radius 3 is 2.52 bits per heavy atom. The first-order valence-corrected chi connectivity index (χ1v) is 7.92.